The maximum atomic E-state index is 11.4. The van der Waals surface area contributed by atoms with Gasteiger partial charge in [0.15, 0.2) is 5.58 Å². The summed E-state index contributed by atoms with van der Waals surface area (Å²) >= 11 is 0. The molecule has 0 saturated carbocycles. The molecule has 0 amide bonds. The number of nitrogens with zero attached hydrogens (tertiary/aromatic N) is 4. The standard InChI is InChI=1S/C13H10N4O2/c1-16-7-15-12(10(16)6-14)8-3-4-11-9(5-8)17(2)13(18)19-11/h3-5,7H,1-2H3. The number of hydrogen-bond acceptors (Lipinski definition) is 4. The lowest BCUT2D eigenvalue weighted by molar-refractivity contribution is 0.528. The van der Waals surface area contributed by atoms with Crippen LogP contribution in [0.3, 0.4) is 0 Å². The minimum Gasteiger partial charge on any atom is -0.408 e. The van der Waals surface area contributed by atoms with Crippen molar-refractivity contribution >= 4 is 11.1 Å². The first kappa shape index (κ1) is 11.3. The Kier molecular flexibility index (Phi) is 2.29. The zero-order valence-electron chi connectivity index (χ0n) is 10.4. The number of benzene rings is 1. The van der Waals surface area contributed by atoms with Crippen LogP contribution in [0.15, 0.2) is 33.7 Å². The van der Waals surface area contributed by atoms with Crippen molar-refractivity contribution in [1.82, 2.24) is 14.1 Å². The van der Waals surface area contributed by atoms with Crippen molar-refractivity contribution in [2.24, 2.45) is 14.1 Å². The molecule has 2 heterocycles. The molecule has 0 bridgehead atoms. The van der Waals surface area contributed by atoms with Crippen molar-refractivity contribution in [3.8, 4) is 17.3 Å². The molecule has 1 aromatic carbocycles. The van der Waals surface area contributed by atoms with E-state index in [1.807, 2.05) is 0 Å². The summed E-state index contributed by atoms with van der Waals surface area (Å²) in [5.74, 6) is -0.409. The lowest BCUT2D eigenvalue weighted by atomic mass is 10.1. The number of aryl methyl sites for hydroxylation is 2. The Morgan fingerprint density at radius 2 is 2.16 bits per heavy atom. The van der Waals surface area contributed by atoms with Crippen LogP contribution in [0, 0.1) is 11.3 Å². The van der Waals surface area contributed by atoms with Gasteiger partial charge in [-0.1, -0.05) is 0 Å². The maximum absolute atomic E-state index is 11.4. The molecular weight excluding hydrogens is 244 g/mol. The molecule has 19 heavy (non-hydrogen) atoms. The third-order valence-electron chi connectivity index (χ3n) is 3.11. The number of aromatic nitrogens is 3. The van der Waals surface area contributed by atoms with Gasteiger partial charge < -0.3 is 8.98 Å². The summed E-state index contributed by atoms with van der Waals surface area (Å²) in [5.41, 5.74) is 3.05. The number of fused-ring (bicyclic) bond motifs is 1. The highest BCUT2D eigenvalue weighted by Crippen LogP contribution is 2.25. The lowest BCUT2D eigenvalue weighted by Crippen LogP contribution is -2.08. The van der Waals surface area contributed by atoms with Gasteiger partial charge in [-0.3, -0.25) is 4.57 Å². The number of hydrogen-bond donors (Lipinski definition) is 0. The van der Waals surface area contributed by atoms with Gasteiger partial charge >= 0.3 is 5.76 Å². The smallest absolute Gasteiger partial charge is 0.408 e. The maximum Gasteiger partial charge on any atom is 0.419 e. The van der Waals surface area contributed by atoms with E-state index in [1.54, 1.807) is 43.2 Å². The van der Waals surface area contributed by atoms with Gasteiger partial charge in [0.1, 0.15) is 17.5 Å². The first-order valence-electron chi connectivity index (χ1n) is 5.63. The van der Waals surface area contributed by atoms with E-state index in [9.17, 15) is 4.79 Å². The Balaban J connectivity index is 2.29. The van der Waals surface area contributed by atoms with Gasteiger partial charge in [-0.15, -0.1) is 0 Å². The molecule has 3 rings (SSSR count). The van der Waals surface area contributed by atoms with Gasteiger partial charge in [0, 0.05) is 19.7 Å². The van der Waals surface area contributed by atoms with Gasteiger partial charge in [-0.25, -0.2) is 9.78 Å². The molecule has 0 atom stereocenters. The van der Waals surface area contributed by atoms with E-state index in [4.69, 9.17) is 9.68 Å². The largest absolute Gasteiger partial charge is 0.419 e. The summed E-state index contributed by atoms with van der Waals surface area (Å²) < 4.78 is 8.15. The second-order valence-electron chi connectivity index (χ2n) is 4.27. The van der Waals surface area contributed by atoms with Crippen LogP contribution in [0.1, 0.15) is 5.69 Å². The number of oxazole rings is 1. The average molecular weight is 254 g/mol. The molecular formula is C13H10N4O2. The molecule has 0 radical (unpaired) electrons. The predicted molar refractivity (Wildman–Crippen MR) is 68.4 cm³/mol. The Labute approximate surface area is 108 Å². The van der Waals surface area contributed by atoms with Crippen LogP contribution in [0.2, 0.25) is 0 Å². The highest BCUT2D eigenvalue weighted by molar-refractivity contribution is 5.80. The van der Waals surface area contributed by atoms with Crippen molar-refractivity contribution in [1.29, 1.82) is 5.26 Å². The molecule has 0 aliphatic rings. The Morgan fingerprint density at radius 3 is 2.89 bits per heavy atom. The topological polar surface area (TPSA) is 76.8 Å². The zero-order chi connectivity index (χ0) is 13.6. The molecule has 6 nitrogen and oxygen atoms in total. The highest BCUT2D eigenvalue weighted by Gasteiger charge is 2.13. The van der Waals surface area contributed by atoms with E-state index < -0.39 is 5.76 Å². The Morgan fingerprint density at radius 1 is 1.37 bits per heavy atom. The third kappa shape index (κ3) is 1.56. The molecule has 2 aromatic heterocycles. The Hall–Kier alpha value is -2.81. The van der Waals surface area contributed by atoms with Crippen molar-refractivity contribution in [2.75, 3.05) is 0 Å². The fourth-order valence-electron chi connectivity index (χ4n) is 2.05. The van der Waals surface area contributed by atoms with Crippen LogP contribution >= 0.6 is 0 Å². The molecule has 0 saturated heterocycles. The van der Waals surface area contributed by atoms with Gasteiger partial charge in [-0.2, -0.15) is 5.26 Å². The van der Waals surface area contributed by atoms with E-state index >= 15 is 0 Å². The summed E-state index contributed by atoms with van der Waals surface area (Å²) in [6, 6.07) is 7.41. The van der Waals surface area contributed by atoms with Gasteiger partial charge in [-0.05, 0) is 18.2 Å². The van der Waals surface area contributed by atoms with Crippen molar-refractivity contribution in [3.63, 3.8) is 0 Å². The average Bonchev–Trinajstić information content (AvgIpc) is 2.91. The van der Waals surface area contributed by atoms with Crippen LogP contribution in [0.25, 0.3) is 22.4 Å². The number of imidazole rings is 1. The summed E-state index contributed by atoms with van der Waals surface area (Å²) in [6.07, 6.45) is 1.59. The second-order valence-corrected chi connectivity index (χ2v) is 4.27. The van der Waals surface area contributed by atoms with Gasteiger partial charge in [0.2, 0.25) is 0 Å². The zero-order valence-corrected chi connectivity index (χ0v) is 10.4. The molecule has 3 aromatic rings. The summed E-state index contributed by atoms with van der Waals surface area (Å²) in [5, 5.41) is 9.14. The van der Waals surface area contributed by atoms with Crippen molar-refractivity contribution in [3.05, 3.63) is 40.8 Å². The van der Waals surface area contributed by atoms with Gasteiger partial charge in [0.05, 0.1) is 11.8 Å². The minimum absolute atomic E-state index is 0.409. The summed E-state index contributed by atoms with van der Waals surface area (Å²) in [7, 11) is 3.41. The molecule has 0 aliphatic heterocycles. The fourth-order valence-corrected chi connectivity index (χ4v) is 2.05. The first-order chi connectivity index (χ1) is 9.11. The minimum atomic E-state index is -0.409. The number of nitriles is 1. The fraction of sp³-hybridized carbons (Fsp3) is 0.154. The van der Waals surface area contributed by atoms with Crippen molar-refractivity contribution in [2.45, 2.75) is 0 Å². The summed E-state index contributed by atoms with van der Waals surface area (Å²) in [6.45, 7) is 0. The van der Waals surface area contributed by atoms with E-state index in [1.165, 1.54) is 4.57 Å². The summed E-state index contributed by atoms with van der Waals surface area (Å²) in [4.78, 5) is 15.7. The van der Waals surface area contributed by atoms with Crippen LogP contribution in [0.5, 0.6) is 0 Å². The SMILES string of the molecule is Cn1cnc(-c2ccc3oc(=O)n(C)c3c2)c1C#N. The lowest BCUT2D eigenvalue weighted by Gasteiger charge is -1.99. The quantitative estimate of drug-likeness (QED) is 0.657. The van der Waals surface area contributed by atoms with E-state index in [-0.39, 0.29) is 0 Å². The molecule has 0 aliphatic carbocycles. The normalized spacial score (nSPS) is 10.8. The van der Waals surface area contributed by atoms with Crippen LogP contribution in [-0.2, 0) is 14.1 Å². The Bertz CT molecular complexity index is 876. The first-order valence-corrected chi connectivity index (χ1v) is 5.63. The molecule has 0 spiro atoms. The van der Waals surface area contributed by atoms with Crippen LogP contribution < -0.4 is 5.76 Å². The van der Waals surface area contributed by atoms with Gasteiger partial charge in [0.25, 0.3) is 0 Å². The third-order valence-corrected chi connectivity index (χ3v) is 3.11. The van der Waals surface area contributed by atoms with Crippen molar-refractivity contribution < 1.29 is 4.42 Å². The van der Waals surface area contributed by atoms with Crippen LogP contribution in [-0.4, -0.2) is 14.1 Å². The molecule has 0 N–H and O–H groups in total. The molecule has 6 heteroatoms. The molecule has 0 unspecified atom stereocenters. The second kappa shape index (κ2) is 3.85. The van der Waals surface area contributed by atoms with E-state index in [0.29, 0.717) is 22.5 Å². The molecule has 0 fully saturated rings. The predicted octanol–water partition coefficient (Wildman–Crippen LogP) is 1.40. The number of rotatable bonds is 1. The highest BCUT2D eigenvalue weighted by atomic mass is 16.4. The van der Waals surface area contributed by atoms with E-state index in [0.717, 1.165) is 5.56 Å². The monoisotopic (exact) mass is 254 g/mol. The van der Waals surface area contributed by atoms with E-state index in [2.05, 4.69) is 11.1 Å². The van der Waals surface area contributed by atoms with Crippen LogP contribution in [0.4, 0.5) is 0 Å². The molecule has 94 valence electrons.